The zero-order valence-electron chi connectivity index (χ0n) is 10.7. The zero-order chi connectivity index (χ0) is 15.3. The number of anilines is 1. The molecule has 0 unspecified atom stereocenters. The van der Waals surface area contributed by atoms with E-state index < -0.39 is 10.0 Å². The number of aliphatic hydroxyl groups excluding tert-OH is 1. The highest BCUT2D eigenvalue weighted by atomic mass is 35.5. The summed E-state index contributed by atoms with van der Waals surface area (Å²) in [6.07, 6.45) is 2.64. The number of hydrogen-bond donors (Lipinski definition) is 2. The molecular formula is C14H11ClN2O3S. The van der Waals surface area contributed by atoms with Crippen LogP contribution in [0.5, 0.6) is 0 Å². The number of benzene rings is 1. The minimum absolute atomic E-state index is 0.0211. The molecule has 1 aromatic carbocycles. The van der Waals surface area contributed by atoms with E-state index in [2.05, 4.69) is 21.5 Å². The number of rotatable bonds is 3. The summed E-state index contributed by atoms with van der Waals surface area (Å²) in [7, 11) is -3.78. The van der Waals surface area contributed by atoms with E-state index in [1.807, 2.05) is 0 Å². The average Bonchev–Trinajstić information content (AvgIpc) is 2.45. The molecule has 0 aliphatic rings. The number of nitrogens with zero attached hydrogens (tertiary/aromatic N) is 1. The summed E-state index contributed by atoms with van der Waals surface area (Å²) in [6, 6.07) is 7.75. The van der Waals surface area contributed by atoms with Crippen LogP contribution < -0.4 is 4.72 Å². The van der Waals surface area contributed by atoms with E-state index >= 15 is 0 Å². The van der Waals surface area contributed by atoms with Crippen LogP contribution in [0.1, 0.15) is 5.56 Å². The fraction of sp³-hybridized carbons (Fsp3) is 0.0714. The molecular weight excluding hydrogens is 312 g/mol. The molecule has 0 spiro atoms. The highest BCUT2D eigenvalue weighted by molar-refractivity contribution is 7.92. The van der Waals surface area contributed by atoms with Crippen LogP contribution in [0.4, 0.5) is 5.69 Å². The van der Waals surface area contributed by atoms with Crippen LogP contribution in [0.25, 0.3) is 0 Å². The number of aliphatic hydroxyl groups is 1. The predicted octanol–water partition coefficient (Wildman–Crippen LogP) is 1.88. The molecule has 0 saturated heterocycles. The Morgan fingerprint density at radius 2 is 2.10 bits per heavy atom. The van der Waals surface area contributed by atoms with E-state index in [4.69, 9.17) is 16.7 Å². The second kappa shape index (κ2) is 6.59. The first-order chi connectivity index (χ1) is 10.0. The SMILES string of the molecule is O=S(=O)(Nc1cccc(Cl)c1)c1cncc(C#CCO)c1. The van der Waals surface area contributed by atoms with E-state index in [0.717, 1.165) is 0 Å². The molecule has 0 radical (unpaired) electrons. The molecule has 1 heterocycles. The first-order valence-electron chi connectivity index (χ1n) is 5.84. The number of nitrogens with one attached hydrogen (secondary N) is 1. The fourth-order valence-electron chi connectivity index (χ4n) is 1.54. The number of aromatic nitrogens is 1. The largest absolute Gasteiger partial charge is 0.384 e. The Morgan fingerprint density at radius 3 is 2.81 bits per heavy atom. The molecule has 108 valence electrons. The van der Waals surface area contributed by atoms with E-state index in [0.29, 0.717) is 16.3 Å². The van der Waals surface area contributed by atoms with Gasteiger partial charge in [0.2, 0.25) is 0 Å². The molecule has 1 aromatic heterocycles. The van der Waals surface area contributed by atoms with Crippen LogP contribution in [0, 0.1) is 11.8 Å². The summed E-state index contributed by atoms with van der Waals surface area (Å²) in [5.74, 6) is 5.04. The van der Waals surface area contributed by atoms with Gasteiger partial charge in [0.1, 0.15) is 11.5 Å². The highest BCUT2D eigenvalue weighted by Gasteiger charge is 2.15. The second-order valence-corrected chi connectivity index (χ2v) is 6.10. The molecule has 0 atom stereocenters. The third kappa shape index (κ3) is 4.20. The molecule has 0 saturated carbocycles. The highest BCUT2D eigenvalue weighted by Crippen LogP contribution is 2.19. The van der Waals surface area contributed by atoms with Crippen molar-refractivity contribution in [1.82, 2.24) is 4.98 Å². The van der Waals surface area contributed by atoms with Gasteiger partial charge in [0, 0.05) is 23.0 Å². The van der Waals surface area contributed by atoms with Crippen molar-refractivity contribution in [3.8, 4) is 11.8 Å². The lowest BCUT2D eigenvalue weighted by molar-refractivity contribution is 0.350. The summed E-state index contributed by atoms with van der Waals surface area (Å²) in [5.41, 5.74) is 0.757. The van der Waals surface area contributed by atoms with Gasteiger partial charge >= 0.3 is 0 Å². The zero-order valence-corrected chi connectivity index (χ0v) is 12.3. The first-order valence-corrected chi connectivity index (χ1v) is 7.70. The Labute approximate surface area is 127 Å². The summed E-state index contributed by atoms with van der Waals surface area (Å²) < 4.78 is 26.9. The molecule has 2 rings (SSSR count). The molecule has 0 fully saturated rings. The molecule has 21 heavy (non-hydrogen) atoms. The van der Waals surface area contributed by atoms with Crippen molar-refractivity contribution >= 4 is 27.3 Å². The summed E-state index contributed by atoms with van der Waals surface area (Å²) in [5, 5.41) is 9.07. The van der Waals surface area contributed by atoms with E-state index in [1.54, 1.807) is 18.2 Å². The maximum atomic E-state index is 12.2. The Morgan fingerprint density at radius 1 is 1.29 bits per heavy atom. The Kier molecular flexibility index (Phi) is 4.81. The lowest BCUT2D eigenvalue weighted by Gasteiger charge is -2.08. The van der Waals surface area contributed by atoms with Gasteiger partial charge < -0.3 is 5.11 Å². The Bertz CT molecular complexity index is 810. The van der Waals surface area contributed by atoms with Crippen LogP contribution in [-0.4, -0.2) is 25.1 Å². The normalized spacial score (nSPS) is 10.6. The summed E-state index contributed by atoms with van der Waals surface area (Å²) in [6.45, 7) is -0.308. The first kappa shape index (κ1) is 15.3. The third-order valence-electron chi connectivity index (χ3n) is 2.41. The maximum Gasteiger partial charge on any atom is 0.263 e. The van der Waals surface area contributed by atoms with Crippen LogP contribution in [0.2, 0.25) is 5.02 Å². The molecule has 0 bridgehead atoms. The van der Waals surface area contributed by atoms with Crippen LogP contribution >= 0.6 is 11.6 Å². The van der Waals surface area contributed by atoms with E-state index in [1.165, 1.54) is 24.5 Å². The second-order valence-electron chi connectivity index (χ2n) is 3.99. The van der Waals surface area contributed by atoms with E-state index in [-0.39, 0.29) is 11.5 Å². The van der Waals surface area contributed by atoms with Gasteiger partial charge in [-0.05, 0) is 24.3 Å². The molecule has 2 aromatic rings. The topological polar surface area (TPSA) is 79.3 Å². The van der Waals surface area contributed by atoms with Crippen molar-refractivity contribution in [1.29, 1.82) is 0 Å². The molecule has 0 amide bonds. The third-order valence-corrected chi connectivity index (χ3v) is 4.00. The molecule has 7 heteroatoms. The minimum Gasteiger partial charge on any atom is -0.384 e. The van der Waals surface area contributed by atoms with Crippen LogP contribution in [0.15, 0.2) is 47.6 Å². The van der Waals surface area contributed by atoms with Crippen LogP contribution in [-0.2, 0) is 10.0 Å². The van der Waals surface area contributed by atoms with Crippen molar-refractivity contribution in [3.63, 3.8) is 0 Å². The Balaban J connectivity index is 2.31. The van der Waals surface area contributed by atoms with Crippen molar-refractivity contribution in [2.45, 2.75) is 4.90 Å². The number of halogens is 1. The van der Waals surface area contributed by atoms with Crippen molar-refractivity contribution in [2.24, 2.45) is 0 Å². The van der Waals surface area contributed by atoms with Gasteiger partial charge in [-0.1, -0.05) is 29.5 Å². The van der Waals surface area contributed by atoms with Gasteiger partial charge in [-0.2, -0.15) is 0 Å². The van der Waals surface area contributed by atoms with Crippen LogP contribution in [0.3, 0.4) is 0 Å². The molecule has 0 aliphatic heterocycles. The molecule has 5 nitrogen and oxygen atoms in total. The van der Waals surface area contributed by atoms with Gasteiger partial charge in [0.05, 0.1) is 5.69 Å². The summed E-state index contributed by atoms with van der Waals surface area (Å²) >= 11 is 5.81. The van der Waals surface area contributed by atoms with E-state index in [9.17, 15) is 8.42 Å². The number of sulfonamides is 1. The lowest BCUT2D eigenvalue weighted by atomic mass is 10.3. The number of pyridine rings is 1. The smallest absolute Gasteiger partial charge is 0.263 e. The molecule has 0 aliphatic carbocycles. The standard InChI is InChI=1S/C14H11ClN2O3S/c15-12-4-1-5-13(8-12)17-21(19,20)14-7-11(3-2-6-18)9-16-10-14/h1,4-5,7-10,17-18H,6H2. The van der Waals surface area contributed by atoms with Crippen molar-refractivity contribution in [3.05, 3.63) is 53.3 Å². The summed E-state index contributed by atoms with van der Waals surface area (Å²) in [4.78, 5) is 3.81. The van der Waals surface area contributed by atoms with Gasteiger partial charge in [-0.3, -0.25) is 9.71 Å². The van der Waals surface area contributed by atoms with Gasteiger partial charge in [-0.15, -0.1) is 0 Å². The quantitative estimate of drug-likeness (QED) is 0.846. The van der Waals surface area contributed by atoms with Crippen molar-refractivity contribution in [2.75, 3.05) is 11.3 Å². The van der Waals surface area contributed by atoms with Gasteiger partial charge in [-0.25, -0.2) is 8.42 Å². The Hall–Kier alpha value is -2.07. The average molecular weight is 323 g/mol. The molecule has 2 N–H and O–H groups in total. The monoisotopic (exact) mass is 322 g/mol. The van der Waals surface area contributed by atoms with Crippen molar-refractivity contribution < 1.29 is 13.5 Å². The van der Waals surface area contributed by atoms with Gasteiger partial charge in [0.15, 0.2) is 0 Å². The lowest BCUT2D eigenvalue weighted by Crippen LogP contribution is -2.13. The minimum atomic E-state index is -3.78. The fourth-order valence-corrected chi connectivity index (χ4v) is 2.77. The maximum absolute atomic E-state index is 12.2. The predicted molar refractivity (Wildman–Crippen MR) is 80.5 cm³/mol. The van der Waals surface area contributed by atoms with Gasteiger partial charge in [0.25, 0.3) is 10.0 Å². The number of hydrogen-bond acceptors (Lipinski definition) is 4.